The van der Waals surface area contributed by atoms with Crippen molar-refractivity contribution in [1.82, 2.24) is 4.57 Å². The summed E-state index contributed by atoms with van der Waals surface area (Å²) in [4.78, 5) is 11.9. The van der Waals surface area contributed by atoms with Gasteiger partial charge in [0.1, 0.15) is 0 Å². The Morgan fingerprint density at radius 1 is 1.33 bits per heavy atom. The largest absolute Gasteiger partial charge is 0.381 e. The highest BCUT2D eigenvalue weighted by atomic mass is 16.1. The summed E-state index contributed by atoms with van der Waals surface area (Å²) in [7, 11) is 1.80. The zero-order chi connectivity index (χ0) is 12.7. The maximum atomic E-state index is 11.9. The first-order chi connectivity index (χ1) is 8.65. The van der Waals surface area contributed by atoms with Crippen molar-refractivity contribution in [3.63, 3.8) is 0 Å². The fourth-order valence-electron chi connectivity index (χ4n) is 2.53. The number of pyridine rings is 1. The smallest absolute Gasteiger partial charge is 0.252 e. The Bertz CT molecular complexity index is 641. The molecule has 1 saturated carbocycles. The van der Waals surface area contributed by atoms with Crippen LogP contribution >= 0.6 is 0 Å². The molecule has 0 amide bonds. The van der Waals surface area contributed by atoms with Gasteiger partial charge in [0.2, 0.25) is 0 Å². The monoisotopic (exact) mass is 243 g/mol. The predicted octanol–water partition coefficient (Wildman–Crippen LogP) is 1.44. The third-order valence-electron chi connectivity index (χ3n) is 3.69. The lowest BCUT2D eigenvalue weighted by Crippen LogP contribution is -2.44. The lowest BCUT2D eigenvalue weighted by atomic mass is 9.87. The van der Waals surface area contributed by atoms with E-state index in [9.17, 15) is 4.79 Å². The van der Waals surface area contributed by atoms with Gasteiger partial charge in [-0.15, -0.1) is 0 Å². The van der Waals surface area contributed by atoms with E-state index in [2.05, 4.69) is 5.32 Å². The van der Waals surface area contributed by atoms with Crippen molar-refractivity contribution in [2.24, 2.45) is 12.8 Å². The van der Waals surface area contributed by atoms with E-state index in [1.54, 1.807) is 17.7 Å². The molecule has 18 heavy (non-hydrogen) atoms. The Morgan fingerprint density at radius 3 is 2.78 bits per heavy atom. The van der Waals surface area contributed by atoms with Gasteiger partial charge in [-0.1, -0.05) is 18.2 Å². The molecule has 0 radical (unpaired) electrons. The number of nitrogens with one attached hydrogen (secondary N) is 1. The van der Waals surface area contributed by atoms with E-state index in [1.807, 2.05) is 24.3 Å². The Balaban J connectivity index is 2.06. The van der Waals surface area contributed by atoms with Crippen molar-refractivity contribution in [3.8, 4) is 0 Å². The van der Waals surface area contributed by atoms with E-state index in [-0.39, 0.29) is 5.56 Å². The van der Waals surface area contributed by atoms with Crippen LogP contribution in [-0.4, -0.2) is 16.7 Å². The first-order valence-corrected chi connectivity index (χ1v) is 6.26. The molecule has 0 unspecified atom stereocenters. The molecule has 2 aromatic rings. The van der Waals surface area contributed by atoms with Crippen LogP contribution in [0, 0.1) is 0 Å². The molecule has 94 valence electrons. The minimum absolute atomic E-state index is 0.0137. The van der Waals surface area contributed by atoms with E-state index in [1.165, 1.54) is 0 Å². The van der Waals surface area contributed by atoms with Gasteiger partial charge in [0.05, 0.1) is 5.52 Å². The van der Waals surface area contributed by atoms with E-state index in [4.69, 9.17) is 5.73 Å². The molecular weight excluding hydrogens is 226 g/mol. The third-order valence-corrected chi connectivity index (χ3v) is 3.69. The van der Waals surface area contributed by atoms with Gasteiger partial charge >= 0.3 is 0 Å². The molecule has 1 aliphatic rings. The highest BCUT2D eigenvalue weighted by Crippen LogP contribution is 2.26. The van der Waals surface area contributed by atoms with Crippen LogP contribution < -0.4 is 16.6 Å². The van der Waals surface area contributed by atoms with Gasteiger partial charge < -0.3 is 15.6 Å². The van der Waals surface area contributed by atoms with Crippen molar-refractivity contribution < 1.29 is 0 Å². The Labute approximate surface area is 105 Å². The number of aromatic nitrogens is 1. The number of fused-ring (bicyclic) bond motifs is 1. The third kappa shape index (κ3) is 1.78. The number of nitrogens with zero attached hydrogens (tertiary/aromatic N) is 1. The number of hydrogen-bond acceptors (Lipinski definition) is 3. The van der Waals surface area contributed by atoms with E-state index in [0.717, 1.165) is 29.4 Å². The molecule has 4 nitrogen and oxygen atoms in total. The number of benzene rings is 1. The van der Waals surface area contributed by atoms with Gasteiger partial charge in [0, 0.05) is 36.3 Å². The minimum Gasteiger partial charge on any atom is -0.381 e. The van der Waals surface area contributed by atoms with Crippen molar-refractivity contribution in [3.05, 3.63) is 40.7 Å². The number of anilines is 1. The second-order valence-corrected chi connectivity index (χ2v) is 5.05. The van der Waals surface area contributed by atoms with Crippen LogP contribution in [0.1, 0.15) is 12.8 Å². The highest BCUT2D eigenvalue weighted by Gasteiger charge is 2.26. The second-order valence-electron chi connectivity index (χ2n) is 5.05. The van der Waals surface area contributed by atoms with Gasteiger partial charge in [-0.25, -0.2) is 0 Å². The van der Waals surface area contributed by atoms with Crippen LogP contribution in [0.25, 0.3) is 10.9 Å². The maximum Gasteiger partial charge on any atom is 0.252 e. The molecule has 0 spiro atoms. The first kappa shape index (κ1) is 11.3. The molecule has 0 aliphatic heterocycles. The zero-order valence-corrected chi connectivity index (χ0v) is 10.4. The fourth-order valence-corrected chi connectivity index (χ4v) is 2.53. The van der Waals surface area contributed by atoms with Gasteiger partial charge in [0.25, 0.3) is 5.56 Å². The number of rotatable bonds is 2. The zero-order valence-electron chi connectivity index (χ0n) is 10.4. The lowest BCUT2D eigenvalue weighted by molar-refractivity contribution is 0.374. The molecule has 0 bridgehead atoms. The molecule has 1 aliphatic carbocycles. The van der Waals surface area contributed by atoms with Gasteiger partial charge in [-0.05, 0) is 18.9 Å². The van der Waals surface area contributed by atoms with Crippen LogP contribution in [0.15, 0.2) is 35.1 Å². The minimum atomic E-state index is 0.0137. The predicted molar refractivity (Wildman–Crippen MR) is 73.8 cm³/mol. The molecule has 1 fully saturated rings. The first-order valence-electron chi connectivity index (χ1n) is 6.26. The topological polar surface area (TPSA) is 60.0 Å². The fraction of sp³-hybridized carbons (Fsp3) is 0.357. The van der Waals surface area contributed by atoms with Crippen LogP contribution in [0.3, 0.4) is 0 Å². The summed E-state index contributed by atoms with van der Waals surface area (Å²) < 4.78 is 1.67. The lowest BCUT2D eigenvalue weighted by Gasteiger charge is -2.34. The molecule has 4 heteroatoms. The summed E-state index contributed by atoms with van der Waals surface area (Å²) in [6, 6.07) is 10.3. The second kappa shape index (κ2) is 4.14. The summed E-state index contributed by atoms with van der Waals surface area (Å²) in [5.74, 6) is 0. The summed E-state index contributed by atoms with van der Waals surface area (Å²) in [6.07, 6.45) is 1.95. The summed E-state index contributed by atoms with van der Waals surface area (Å²) >= 11 is 0. The molecule has 1 heterocycles. The summed E-state index contributed by atoms with van der Waals surface area (Å²) in [6.45, 7) is 0. The summed E-state index contributed by atoms with van der Waals surface area (Å²) in [5.41, 5.74) is 7.67. The van der Waals surface area contributed by atoms with Crippen LogP contribution in [0.2, 0.25) is 0 Å². The normalized spacial score (nSPS) is 22.8. The van der Waals surface area contributed by atoms with Crippen molar-refractivity contribution in [1.29, 1.82) is 0 Å². The Kier molecular flexibility index (Phi) is 2.59. The summed E-state index contributed by atoms with van der Waals surface area (Å²) in [5, 5.41) is 4.51. The van der Waals surface area contributed by atoms with Crippen molar-refractivity contribution >= 4 is 16.6 Å². The van der Waals surface area contributed by atoms with Crippen molar-refractivity contribution in [2.45, 2.75) is 24.9 Å². The quantitative estimate of drug-likeness (QED) is 0.839. The standard InChI is InChI=1S/C14H17N3O/c1-17-13-5-3-2-4-11(13)12(8-14(17)18)16-10-6-9(15)7-10/h2-5,8-10,16H,6-7,15H2,1H3. The van der Waals surface area contributed by atoms with Gasteiger partial charge in [-0.2, -0.15) is 0 Å². The van der Waals surface area contributed by atoms with Crippen LogP contribution in [-0.2, 0) is 7.05 Å². The highest BCUT2D eigenvalue weighted by molar-refractivity contribution is 5.91. The SMILES string of the molecule is Cn1c(=O)cc(NC2CC(N)C2)c2ccccc21. The van der Waals surface area contributed by atoms with Crippen LogP contribution in [0.5, 0.6) is 0 Å². The average Bonchev–Trinajstić information content (AvgIpc) is 2.33. The molecule has 0 atom stereocenters. The van der Waals surface area contributed by atoms with Gasteiger partial charge in [0.15, 0.2) is 0 Å². The molecule has 3 N–H and O–H groups in total. The van der Waals surface area contributed by atoms with E-state index >= 15 is 0 Å². The maximum absolute atomic E-state index is 11.9. The van der Waals surface area contributed by atoms with E-state index in [0.29, 0.717) is 12.1 Å². The van der Waals surface area contributed by atoms with Crippen molar-refractivity contribution in [2.75, 3.05) is 5.32 Å². The Hall–Kier alpha value is -1.81. The van der Waals surface area contributed by atoms with Gasteiger partial charge in [-0.3, -0.25) is 4.79 Å². The molecule has 0 saturated heterocycles. The number of hydrogen-bond donors (Lipinski definition) is 2. The molecule has 1 aromatic heterocycles. The molecule has 1 aromatic carbocycles. The number of aryl methyl sites for hydroxylation is 1. The van der Waals surface area contributed by atoms with E-state index < -0.39 is 0 Å². The number of para-hydroxylation sites is 1. The average molecular weight is 243 g/mol. The molecular formula is C14H17N3O. The van der Waals surface area contributed by atoms with Crippen LogP contribution in [0.4, 0.5) is 5.69 Å². The Morgan fingerprint density at radius 2 is 2.06 bits per heavy atom. The molecule has 3 rings (SSSR count). The number of nitrogens with two attached hydrogens (primary N) is 1.